The number of primary amides is 1. The highest BCUT2D eigenvalue weighted by atomic mass is 16.5. The largest absolute Gasteiger partial charge is 0.462 e. The average molecular weight is 396 g/mol. The number of benzene rings is 1. The molecule has 1 aromatic carbocycles. The number of para-hydroxylation sites is 1. The van der Waals surface area contributed by atoms with Crippen molar-refractivity contribution in [1.29, 1.82) is 0 Å². The van der Waals surface area contributed by atoms with E-state index in [1.807, 2.05) is 30.3 Å². The number of carbonyl (C=O) groups is 3. The monoisotopic (exact) mass is 396 g/mol. The molecule has 9 nitrogen and oxygen atoms in total. The van der Waals surface area contributed by atoms with Crippen LogP contribution in [0.25, 0.3) is 5.69 Å². The second-order valence-electron chi connectivity index (χ2n) is 6.17. The normalized spacial score (nSPS) is 10.6. The van der Waals surface area contributed by atoms with E-state index in [2.05, 4.69) is 10.4 Å². The Morgan fingerprint density at radius 1 is 1.17 bits per heavy atom. The number of carbonyl (C=O) groups excluding carboxylic acids is 3. The van der Waals surface area contributed by atoms with Crippen LogP contribution in [0.2, 0.25) is 0 Å². The van der Waals surface area contributed by atoms with Crippen LogP contribution < -0.4 is 11.1 Å². The van der Waals surface area contributed by atoms with Crippen molar-refractivity contribution in [1.82, 2.24) is 9.78 Å². The molecule has 0 aliphatic rings. The van der Waals surface area contributed by atoms with E-state index in [0.717, 1.165) is 5.69 Å². The number of ether oxygens (including phenoxy) is 1. The maximum atomic E-state index is 12.8. The van der Waals surface area contributed by atoms with Crippen molar-refractivity contribution in [2.75, 3.05) is 11.9 Å². The Morgan fingerprint density at radius 3 is 2.48 bits per heavy atom. The van der Waals surface area contributed by atoms with E-state index in [9.17, 15) is 14.4 Å². The minimum absolute atomic E-state index is 0.105. The molecule has 0 bridgehead atoms. The van der Waals surface area contributed by atoms with E-state index in [1.54, 1.807) is 18.5 Å². The number of anilines is 1. The lowest BCUT2D eigenvalue weighted by Gasteiger charge is -2.06. The van der Waals surface area contributed by atoms with Gasteiger partial charge in [-0.15, -0.1) is 0 Å². The van der Waals surface area contributed by atoms with Gasteiger partial charge in [0, 0.05) is 0 Å². The minimum atomic E-state index is -0.920. The molecule has 9 heteroatoms. The molecular weight excluding hydrogens is 376 g/mol. The number of amides is 2. The highest BCUT2D eigenvalue weighted by Crippen LogP contribution is 2.28. The second-order valence-corrected chi connectivity index (χ2v) is 6.17. The summed E-state index contributed by atoms with van der Waals surface area (Å²) in [6.07, 6.45) is 1.41. The fourth-order valence-electron chi connectivity index (χ4n) is 2.95. The number of nitrogens with one attached hydrogen (secondary N) is 1. The predicted molar refractivity (Wildman–Crippen MR) is 104 cm³/mol. The highest BCUT2D eigenvalue weighted by Gasteiger charge is 2.29. The summed E-state index contributed by atoms with van der Waals surface area (Å²) in [4.78, 5) is 36.9. The summed E-state index contributed by atoms with van der Waals surface area (Å²) in [5.41, 5.74) is 6.73. The van der Waals surface area contributed by atoms with Gasteiger partial charge in [-0.05, 0) is 32.9 Å². The molecular formula is C20H20N4O5. The smallest absolute Gasteiger partial charge is 0.342 e. The lowest BCUT2D eigenvalue weighted by atomic mass is 10.1. The number of furan rings is 1. The molecule has 0 saturated heterocycles. The first kappa shape index (κ1) is 19.9. The van der Waals surface area contributed by atoms with Gasteiger partial charge in [-0.2, -0.15) is 5.10 Å². The number of esters is 1. The molecule has 0 radical (unpaired) electrons. The number of hydrogen-bond donors (Lipinski definition) is 2. The van der Waals surface area contributed by atoms with E-state index in [1.165, 1.54) is 13.1 Å². The van der Waals surface area contributed by atoms with Gasteiger partial charge in [0.1, 0.15) is 16.9 Å². The molecule has 0 aliphatic heterocycles. The molecule has 2 aromatic heterocycles. The lowest BCUT2D eigenvalue weighted by Crippen LogP contribution is -2.20. The van der Waals surface area contributed by atoms with Crippen LogP contribution in [-0.2, 0) is 4.74 Å². The Bertz CT molecular complexity index is 1080. The summed E-state index contributed by atoms with van der Waals surface area (Å²) in [7, 11) is 0. The fraction of sp³-hybridized carbons (Fsp3) is 0.200. The maximum Gasteiger partial charge on any atom is 0.342 e. The first-order valence-corrected chi connectivity index (χ1v) is 8.86. The predicted octanol–water partition coefficient (Wildman–Crippen LogP) is 2.61. The highest BCUT2D eigenvalue weighted by molar-refractivity contribution is 6.12. The third-order valence-electron chi connectivity index (χ3n) is 4.29. The zero-order valence-corrected chi connectivity index (χ0v) is 16.2. The number of aryl methyl sites for hydroxylation is 1. The standard InChI is InChI=1S/C20H20N4O5/c1-4-28-20(27)15-12(3)29-19(16(15)17(21)25)23-18(26)14-10-22-24(11(14)2)13-8-6-5-7-9-13/h5-10H,4H2,1-3H3,(H2,21,25)(H,23,26). The van der Waals surface area contributed by atoms with E-state index in [-0.39, 0.29) is 34.9 Å². The van der Waals surface area contributed by atoms with Crippen LogP contribution in [0.15, 0.2) is 40.9 Å². The van der Waals surface area contributed by atoms with Gasteiger partial charge in [-0.1, -0.05) is 18.2 Å². The molecule has 3 N–H and O–H groups in total. The Balaban J connectivity index is 1.94. The van der Waals surface area contributed by atoms with Gasteiger partial charge in [-0.3, -0.25) is 14.9 Å². The van der Waals surface area contributed by atoms with Crippen LogP contribution in [-0.4, -0.2) is 34.2 Å². The third kappa shape index (κ3) is 3.75. The van der Waals surface area contributed by atoms with Crippen LogP contribution >= 0.6 is 0 Å². The van der Waals surface area contributed by atoms with Crippen LogP contribution in [0.1, 0.15) is 49.5 Å². The van der Waals surface area contributed by atoms with Crippen LogP contribution in [0, 0.1) is 13.8 Å². The summed E-state index contributed by atoms with van der Waals surface area (Å²) in [6.45, 7) is 4.96. The topological polar surface area (TPSA) is 129 Å². The molecule has 0 saturated carbocycles. The Labute approximate surface area is 166 Å². The fourth-order valence-corrected chi connectivity index (χ4v) is 2.95. The summed E-state index contributed by atoms with van der Waals surface area (Å²) < 4.78 is 12.0. The summed E-state index contributed by atoms with van der Waals surface area (Å²) in [6, 6.07) is 9.31. The van der Waals surface area contributed by atoms with Crippen LogP contribution in [0.5, 0.6) is 0 Å². The SMILES string of the molecule is CCOC(=O)c1c(C)oc(NC(=O)c2cnn(-c3ccccc3)c2C)c1C(N)=O. The number of hydrogen-bond acceptors (Lipinski definition) is 6. The van der Waals surface area contributed by atoms with Crippen molar-refractivity contribution in [3.8, 4) is 5.69 Å². The lowest BCUT2D eigenvalue weighted by molar-refractivity contribution is 0.0521. The maximum absolute atomic E-state index is 12.8. The Hall–Kier alpha value is -3.88. The van der Waals surface area contributed by atoms with E-state index < -0.39 is 17.8 Å². The number of rotatable bonds is 6. The van der Waals surface area contributed by atoms with Gasteiger partial charge >= 0.3 is 5.97 Å². The van der Waals surface area contributed by atoms with Gasteiger partial charge in [0.25, 0.3) is 11.8 Å². The Kier molecular flexibility index (Phi) is 5.49. The van der Waals surface area contributed by atoms with Crippen molar-refractivity contribution in [3.05, 3.63) is 64.7 Å². The van der Waals surface area contributed by atoms with Crippen molar-refractivity contribution >= 4 is 23.7 Å². The van der Waals surface area contributed by atoms with Crippen molar-refractivity contribution in [2.24, 2.45) is 5.73 Å². The van der Waals surface area contributed by atoms with Gasteiger partial charge in [0.05, 0.1) is 29.7 Å². The van der Waals surface area contributed by atoms with Gasteiger partial charge < -0.3 is 14.9 Å². The zero-order chi connectivity index (χ0) is 21.1. The van der Waals surface area contributed by atoms with E-state index >= 15 is 0 Å². The zero-order valence-electron chi connectivity index (χ0n) is 16.2. The number of nitrogens with two attached hydrogens (primary N) is 1. The summed E-state index contributed by atoms with van der Waals surface area (Å²) in [5.74, 6) is -2.33. The van der Waals surface area contributed by atoms with E-state index in [4.69, 9.17) is 14.9 Å². The Morgan fingerprint density at radius 2 is 1.86 bits per heavy atom. The van der Waals surface area contributed by atoms with Crippen LogP contribution in [0.4, 0.5) is 5.88 Å². The molecule has 3 aromatic rings. The molecule has 0 atom stereocenters. The molecule has 0 aliphatic carbocycles. The molecule has 2 amide bonds. The second kappa shape index (κ2) is 8.01. The molecule has 0 fully saturated rings. The first-order valence-electron chi connectivity index (χ1n) is 8.86. The van der Waals surface area contributed by atoms with Gasteiger partial charge in [0.15, 0.2) is 0 Å². The minimum Gasteiger partial charge on any atom is -0.462 e. The van der Waals surface area contributed by atoms with Crippen molar-refractivity contribution in [3.63, 3.8) is 0 Å². The van der Waals surface area contributed by atoms with Crippen molar-refractivity contribution in [2.45, 2.75) is 20.8 Å². The summed E-state index contributed by atoms with van der Waals surface area (Å²) >= 11 is 0. The molecule has 150 valence electrons. The molecule has 2 heterocycles. The van der Waals surface area contributed by atoms with Gasteiger partial charge in [-0.25, -0.2) is 9.48 Å². The van der Waals surface area contributed by atoms with Crippen molar-refractivity contribution < 1.29 is 23.5 Å². The van der Waals surface area contributed by atoms with Gasteiger partial charge in [0.2, 0.25) is 5.88 Å². The first-order chi connectivity index (χ1) is 13.8. The molecule has 0 unspecified atom stereocenters. The quantitative estimate of drug-likeness (QED) is 0.616. The summed E-state index contributed by atoms with van der Waals surface area (Å²) in [5, 5.41) is 6.75. The number of aromatic nitrogens is 2. The molecule has 3 rings (SSSR count). The third-order valence-corrected chi connectivity index (χ3v) is 4.29. The number of nitrogens with zero attached hydrogens (tertiary/aromatic N) is 2. The average Bonchev–Trinajstić information content (AvgIpc) is 3.22. The van der Waals surface area contributed by atoms with E-state index in [0.29, 0.717) is 5.69 Å². The van der Waals surface area contributed by atoms with Crippen LogP contribution in [0.3, 0.4) is 0 Å². The molecule has 0 spiro atoms. The molecule has 29 heavy (non-hydrogen) atoms.